The first kappa shape index (κ1) is 18.9. The van der Waals surface area contributed by atoms with Crippen LogP contribution in [0, 0.1) is 0 Å². The number of ether oxygens (including phenoxy) is 1. The van der Waals surface area contributed by atoms with Gasteiger partial charge in [-0.3, -0.25) is 9.69 Å². The standard InChI is InChI=1S/C20H24BrN3O2/c1-23(14-16-6-8-17(21)9-7-16)15-20(25)22-18-4-2-3-5-19(18)24-10-12-26-13-11-24/h2-9H,10-15H2,1H3,(H,22,25). The van der Waals surface area contributed by atoms with E-state index in [-0.39, 0.29) is 5.91 Å². The summed E-state index contributed by atoms with van der Waals surface area (Å²) in [4.78, 5) is 16.8. The summed E-state index contributed by atoms with van der Waals surface area (Å²) < 4.78 is 6.48. The highest BCUT2D eigenvalue weighted by Crippen LogP contribution is 2.26. The molecule has 1 heterocycles. The smallest absolute Gasteiger partial charge is 0.238 e. The average Bonchev–Trinajstić information content (AvgIpc) is 2.64. The van der Waals surface area contributed by atoms with E-state index in [4.69, 9.17) is 4.74 Å². The van der Waals surface area contributed by atoms with Gasteiger partial charge in [-0.1, -0.05) is 40.2 Å². The van der Waals surface area contributed by atoms with E-state index in [2.05, 4.69) is 38.3 Å². The van der Waals surface area contributed by atoms with Crippen molar-refractivity contribution in [2.75, 3.05) is 50.1 Å². The molecule has 0 aliphatic carbocycles. The number of nitrogens with one attached hydrogen (secondary N) is 1. The van der Waals surface area contributed by atoms with Crippen LogP contribution in [-0.2, 0) is 16.1 Å². The van der Waals surface area contributed by atoms with Gasteiger partial charge in [-0.05, 0) is 36.9 Å². The molecule has 2 aromatic carbocycles. The predicted octanol–water partition coefficient (Wildman–Crippen LogP) is 3.36. The predicted molar refractivity (Wildman–Crippen MR) is 109 cm³/mol. The Balaban J connectivity index is 1.58. The fourth-order valence-corrected chi connectivity index (χ4v) is 3.32. The Morgan fingerprint density at radius 1 is 1.15 bits per heavy atom. The van der Waals surface area contributed by atoms with Crippen LogP contribution in [-0.4, -0.2) is 50.7 Å². The van der Waals surface area contributed by atoms with E-state index in [0.29, 0.717) is 6.54 Å². The molecule has 1 aliphatic heterocycles. The molecule has 0 atom stereocenters. The summed E-state index contributed by atoms with van der Waals surface area (Å²) in [6, 6.07) is 16.1. The van der Waals surface area contributed by atoms with Crippen molar-refractivity contribution in [3.05, 3.63) is 58.6 Å². The second-order valence-corrected chi connectivity index (χ2v) is 7.38. The first-order valence-electron chi connectivity index (χ1n) is 8.76. The fraction of sp³-hybridized carbons (Fsp3) is 0.350. The van der Waals surface area contributed by atoms with Gasteiger partial charge >= 0.3 is 0 Å². The maximum absolute atomic E-state index is 12.5. The molecular weight excluding hydrogens is 394 g/mol. The summed E-state index contributed by atoms with van der Waals surface area (Å²) in [7, 11) is 1.95. The van der Waals surface area contributed by atoms with Crippen LogP contribution in [0.2, 0.25) is 0 Å². The lowest BCUT2D eigenvalue weighted by Crippen LogP contribution is -2.37. The van der Waals surface area contributed by atoms with Crippen LogP contribution in [0.25, 0.3) is 0 Å². The molecule has 0 bridgehead atoms. The largest absolute Gasteiger partial charge is 0.378 e. The van der Waals surface area contributed by atoms with Crippen LogP contribution in [0.3, 0.4) is 0 Å². The molecule has 0 unspecified atom stereocenters. The number of likely N-dealkylation sites (N-methyl/N-ethyl adjacent to an activating group) is 1. The Hall–Kier alpha value is -1.89. The SMILES string of the molecule is CN(CC(=O)Nc1ccccc1N1CCOCC1)Cc1ccc(Br)cc1. The van der Waals surface area contributed by atoms with Gasteiger partial charge in [-0.15, -0.1) is 0 Å². The number of rotatable bonds is 6. The Kier molecular flexibility index (Phi) is 6.66. The number of carbonyl (C=O) groups is 1. The van der Waals surface area contributed by atoms with Crippen LogP contribution < -0.4 is 10.2 Å². The van der Waals surface area contributed by atoms with Crippen LogP contribution in [0.5, 0.6) is 0 Å². The van der Waals surface area contributed by atoms with Gasteiger partial charge in [0.25, 0.3) is 0 Å². The number of benzene rings is 2. The van der Waals surface area contributed by atoms with Crippen LogP contribution >= 0.6 is 15.9 Å². The second kappa shape index (κ2) is 9.16. The summed E-state index contributed by atoms with van der Waals surface area (Å²) in [5, 5.41) is 3.06. The number of amides is 1. The van der Waals surface area contributed by atoms with E-state index in [1.54, 1.807) is 0 Å². The summed E-state index contributed by atoms with van der Waals surface area (Å²) in [5.41, 5.74) is 3.09. The highest BCUT2D eigenvalue weighted by molar-refractivity contribution is 9.10. The number of hydrogen-bond acceptors (Lipinski definition) is 4. The number of para-hydroxylation sites is 2. The number of halogens is 1. The van der Waals surface area contributed by atoms with Crippen LogP contribution in [0.4, 0.5) is 11.4 Å². The lowest BCUT2D eigenvalue weighted by molar-refractivity contribution is -0.117. The molecule has 1 fully saturated rings. The number of carbonyl (C=O) groups excluding carboxylic acids is 1. The molecule has 1 N–H and O–H groups in total. The number of hydrogen-bond donors (Lipinski definition) is 1. The molecule has 26 heavy (non-hydrogen) atoms. The Bertz CT molecular complexity index is 730. The van der Waals surface area contributed by atoms with Gasteiger partial charge in [-0.2, -0.15) is 0 Å². The zero-order valence-corrected chi connectivity index (χ0v) is 16.5. The number of morpholine rings is 1. The van der Waals surface area contributed by atoms with Crippen molar-refractivity contribution in [2.24, 2.45) is 0 Å². The third kappa shape index (κ3) is 5.30. The normalized spacial score (nSPS) is 14.5. The van der Waals surface area contributed by atoms with Crippen molar-refractivity contribution in [1.29, 1.82) is 0 Å². The highest BCUT2D eigenvalue weighted by atomic mass is 79.9. The molecule has 1 aliphatic rings. The minimum atomic E-state index is -0.00896. The molecule has 1 amide bonds. The zero-order chi connectivity index (χ0) is 18.4. The monoisotopic (exact) mass is 417 g/mol. The van der Waals surface area contributed by atoms with Crippen molar-refractivity contribution < 1.29 is 9.53 Å². The minimum absolute atomic E-state index is 0.00896. The molecule has 6 heteroatoms. The van der Waals surface area contributed by atoms with E-state index < -0.39 is 0 Å². The highest BCUT2D eigenvalue weighted by Gasteiger charge is 2.16. The average molecular weight is 418 g/mol. The van der Waals surface area contributed by atoms with Crippen molar-refractivity contribution >= 4 is 33.2 Å². The van der Waals surface area contributed by atoms with E-state index >= 15 is 0 Å². The van der Waals surface area contributed by atoms with Gasteiger partial charge in [-0.25, -0.2) is 0 Å². The third-order valence-electron chi connectivity index (χ3n) is 4.31. The summed E-state index contributed by atoms with van der Waals surface area (Å²) in [6.07, 6.45) is 0. The Morgan fingerprint density at radius 2 is 1.85 bits per heavy atom. The lowest BCUT2D eigenvalue weighted by Gasteiger charge is -2.30. The van der Waals surface area contributed by atoms with E-state index in [1.807, 2.05) is 48.3 Å². The molecular formula is C20H24BrN3O2. The van der Waals surface area contributed by atoms with Crippen LogP contribution in [0.15, 0.2) is 53.0 Å². The molecule has 3 rings (SSSR count). The summed E-state index contributed by atoms with van der Waals surface area (Å²) in [5.74, 6) is -0.00896. The summed E-state index contributed by atoms with van der Waals surface area (Å²) in [6.45, 7) is 4.20. The fourth-order valence-electron chi connectivity index (χ4n) is 3.05. The zero-order valence-electron chi connectivity index (χ0n) is 15.0. The van der Waals surface area contributed by atoms with Crippen molar-refractivity contribution in [3.8, 4) is 0 Å². The summed E-state index contributed by atoms with van der Waals surface area (Å²) >= 11 is 3.44. The third-order valence-corrected chi connectivity index (χ3v) is 4.84. The maximum atomic E-state index is 12.5. The lowest BCUT2D eigenvalue weighted by atomic mass is 10.2. The number of anilines is 2. The topological polar surface area (TPSA) is 44.8 Å². The van der Waals surface area contributed by atoms with E-state index in [9.17, 15) is 4.79 Å². The molecule has 2 aromatic rings. The van der Waals surface area contributed by atoms with E-state index in [1.165, 1.54) is 5.56 Å². The quantitative estimate of drug-likeness (QED) is 0.782. The van der Waals surface area contributed by atoms with Gasteiger partial charge in [0.2, 0.25) is 5.91 Å². The van der Waals surface area contributed by atoms with Gasteiger partial charge in [0.05, 0.1) is 31.1 Å². The first-order chi connectivity index (χ1) is 12.6. The minimum Gasteiger partial charge on any atom is -0.378 e. The van der Waals surface area contributed by atoms with Crippen LogP contribution in [0.1, 0.15) is 5.56 Å². The number of nitrogens with zero attached hydrogens (tertiary/aromatic N) is 2. The Labute approximate surface area is 163 Å². The second-order valence-electron chi connectivity index (χ2n) is 6.46. The molecule has 0 saturated carbocycles. The first-order valence-corrected chi connectivity index (χ1v) is 9.56. The van der Waals surface area contributed by atoms with Crippen molar-refractivity contribution in [3.63, 3.8) is 0 Å². The molecule has 0 aromatic heterocycles. The molecule has 0 spiro atoms. The molecule has 0 radical (unpaired) electrons. The van der Waals surface area contributed by atoms with Crippen molar-refractivity contribution in [1.82, 2.24) is 4.90 Å². The van der Waals surface area contributed by atoms with Gasteiger partial charge in [0.1, 0.15) is 0 Å². The van der Waals surface area contributed by atoms with Crippen molar-refractivity contribution in [2.45, 2.75) is 6.54 Å². The van der Waals surface area contributed by atoms with Gasteiger partial charge in [0.15, 0.2) is 0 Å². The molecule has 138 valence electrons. The Morgan fingerprint density at radius 3 is 2.58 bits per heavy atom. The van der Waals surface area contributed by atoms with Gasteiger partial charge in [0, 0.05) is 24.1 Å². The maximum Gasteiger partial charge on any atom is 0.238 e. The van der Waals surface area contributed by atoms with Gasteiger partial charge < -0.3 is 15.0 Å². The van der Waals surface area contributed by atoms with E-state index in [0.717, 1.165) is 48.7 Å². The molecule has 1 saturated heterocycles. The molecule has 5 nitrogen and oxygen atoms in total.